The zero-order chi connectivity index (χ0) is 16.7. The number of amides is 1. The van der Waals surface area contributed by atoms with Crippen LogP contribution >= 0.6 is 11.6 Å². The minimum Gasteiger partial charge on any atom is -0.380 e. The lowest BCUT2D eigenvalue weighted by atomic mass is 9.98. The molecule has 2 unspecified atom stereocenters. The maximum atomic E-state index is 12.3. The molecule has 0 aliphatic heterocycles. The van der Waals surface area contributed by atoms with E-state index in [4.69, 9.17) is 22.1 Å². The summed E-state index contributed by atoms with van der Waals surface area (Å²) in [4.78, 5) is 12.3. The van der Waals surface area contributed by atoms with Gasteiger partial charge in [0, 0.05) is 18.7 Å². The average Bonchev–Trinajstić information content (AvgIpc) is 2.59. The molecular weight excluding hydrogens is 312 g/mol. The lowest BCUT2D eigenvalue weighted by molar-refractivity contribution is -0.123. The number of carbonyl (C=O) groups is 1. The van der Waals surface area contributed by atoms with Crippen molar-refractivity contribution in [2.75, 3.05) is 13.7 Å². The first kappa shape index (κ1) is 17.5. The highest BCUT2D eigenvalue weighted by molar-refractivity contribution is 6.30. The average molecular weight is 333 g/mol. The van der Waals surface area contributed by atoms with Gasteiger partial charge in [0.2, 0.25) is 5.91 Å². The minimum absolute atomic E-state index is 0.105. The molecule has 0 aliphatic rings. The van der Waals surface area contributed by atoms with E-state index in [2.05, 4.69) is 5.32 Å². The first-order chi connectivity index (χ1) is 11.1. The van der Waals surface area contributed by atoms with Crippen molar-refractivity contribution >= 4 is 17.5 Å². The smallest absolute Gasteiger partial charge is 0.223 e. The Labute approximate surface area is 141 Å². The third kappa shape index (κ3) is 5.06. The van der Waals surface area contributed by atoms with Gasteiger partial charge in [-0.15, -0.1) is 0 Å². The van der Waals surface area contributed by atoms with Gasteiger partial charge in [0.05, 0.1) is 18.6 Å². The summed E-state index contributed by atoms with van der Waals surface area (Å²) in [7, 11) is 1.55. The Kier molecular flexibility index (Phi) is 6.59. The van der Waals surface area contributed by atoms with Crippen LogP contribution in [-0.2, 0) is 9.53 Å². The number of nitrogens with two attached hydrogens (primary N) is 1. The van der Waals surface area contributed by atoms with E-state index in [9.17, 15) is 4.79 Å². The van der Waals surface area contributed by atoms with E-state index >= 15 is 0 Å². The monoisotopic (exact) mass is 332 g/mol. The summed E-state index contributed by atoms with van der Waals surface area (Å²) in [5.41, 5.74) is 7.55. The quantitative estimate of drug-likeness (QED) is 0.819. The molecule has 1 amide bonds. The molecule has 0 aliphatic carbocycles. The number of halogens is 1. The maximum absolute atomic E-state index is 12.3. The van der Waals surface area contributed by atoms with E-state index < -0.39 is 0 Å². The normalized spacial score (nSPS) is 13.3. The van der Waals surface area contributed by atoms with Crippen molar-refractivity contribution in [2.45, 2.75) is 18.6 Å². The Bertz CT molecular complexity index is 613. The fraction of sp³-hybridized carbons (Fsp3) is 0.278. The molecule has 3 N–H and O–H groups in total. The van der Waals surface area contributed by atoms with Crippen LogP contribution in [0.25, 0.3) is 0 Å². The molecule has 0 saturated heterocycles. The van der Waals surface area contributed by atoms with Crippen molar-refractivity contribution in [1.82, 2.24) is 5.32 Å². The molecule has 0 saturated carbocycles. The van der Waals surface area contributed by atoms with Crippen LogP contribution in [0.3, 0.4) is 0 Å². The summed E-state index contributed by atoms with van der Waals surface area (Å²) in [6, 6.07) is 17.0. The lowest BCUT2D eigenvalue weighted by Crippen LogP contribution is -2.34. The second-order valence-electron chi connectivity index (χ2n) is 5.26. The zero-order valence-electron chi connectivity index (χ0n) is 13.0. The number of hydrogen-bond acceptors (Lipinski definition) is 3. The Morgan fingerprint density at radius 2 is 1.74 bits per heavy atom. The molecule has 0 fully saturated rings. The third-order valence-electron chi connectivity index (χ3n) is 3.65. The SMILES string of the molecule is COC(CN)CC(=O)NC(c1ccccc1)c1ccc(Cl)cc1. The van der Waals surface area contributed by atoms with E-state index in [1.54, 1.807) is 7.11 Å². The van der Waals surface area contributed by atoms with Crippen molar-refractivity contribution in [2.24, 2.45) is 5.73 Å². The summed E-state index contributed by atoms with van der Waals surface area (Å²) >= 11 is 5.96. The Morgan fingerprint density at radius 3 is 2.30 bits per heavy atom. The molecular formula is C18H21ClN2O2. The van der Waals surface area contributed by atoms with Gasteiger partial charge in [-0.25, -0.2) is 0 Å². The van der Waals surface area contributed by atoms with Crippen LogP contribution < -0.4 is 11.1 Å². The number of hydrogen-bond donors (Lipinski definition) is 2. The van der Waals surface area contributed by atoms with Gasteiger partial charge < -0.3 is 15.8 Å². The van der Waals surface area contributed by atoms with Crippen molar-refractivity contribution in [1.29, 1.82) is 0 Å². The van der Waals surface area contributed by atoms with Gasteiger partial charge in [-0.1, -0.05) is 54.1 Å². The van der Waals surface area contributed by atoms with Crippen LogP contribution in [0, 0.1) is 0 Å². The molecule has 4 nitrogen and oxygen atoms in total. The van der Waals surface area contributed by atoms with Crippen molar-refractivity contribution < 1.29 is 9.53 Å². The van der Waals surface area contributed by atoms with Gasteiger partial charge in [-0.3, -0.25) is 4.79 Å². The first-order valence-corrected chi connectivity index (χ1v) is 7.84. The molecule has 0 heterocycles. The second kappa shape index (κ2) is 8.67. The van der Waals surface area contributed by atoms with Crippen LogP contribution in [0.5, 0.6) is 0 Å². The summed E-state index contributed by atoms with van der Waals surface area (Å²) in [5.74, 6) is -0.105. The van der Waals surface area contributed by atoms with Gasteiger partial charge in [-0.2, -0.15) is 0 Å². The minimum atomic E-state index is -0.281. The van der Waals surface area contributed by atoms with E-state index in [1.165, 1.54) is 0 Å². The van der Waals surface area contributed by atoms with Crippen LogP contribution in [0.1, 0.15) is 23.6 Å². The highest BCUT2D eigenvalue weighted by atomic mass is 35.5. The first-order valence-electron chi connectivity index (χ1n) is 7.46. The fourth-order valence-electron chi connectivity index (χ4n) is 2.35. The zero-order valence-corrected chi connectivity index (χ0v) is 13.8. The maximum Gasteiger partial charge on any atom is 0.223 e. The standard InChI is InChI=1S/C18H21ClN2O2/c1-23-16(12-20)11-17(22)21-18(13-5-3-2-4-6-13)14-7-9-15(19)10-8-14/h2-10,16,18H,11-12,20H2,1H3,(H,21,22). The molecule has 2 rings (SSSR count). The fourth-order valence-corrected chi connectivity index (χ4v) is 2.48. The van der Waals surface area contributed by atoms with Crippen molar-refractivity contribution in [3.8, 4) is 0 Å². The van der Waals surface area contributed by atoms with Gasteiger partial charge >= 0.3 is 0 Å². The third-order valence-corrected chi connectivity index (χ3v) is 3.90. The van der Waals surface area contributed by atoms with Gasteiger partial charge in [0.15, 0.2) is 0 Å². The van der Waals surface area contributed by atoms with Gasteiger partial charge in [-0.05, 0) is 23.3 Å². The number of methoxy groups -OCH3 is 1. The topological polar surface area (TPSA) is 64.3 Å². The molecule has 0 radical (unpaired) electrons. The van der Waals surface area contributed by atoms with Crippen molar-refractivity contribution in [3.05, 3.63) is 70.7 Å². The van der Waals surface area contributed by atoms with E-state index in [0.717, 1.165) is 11.1 Å². The highest BCUT2D eigenvalue weighted by Crippen LogP contribution is 2.23. The van der Waals surface area contributed by atoms with Crippen LogP contribution in [0.15, 0.2) is 54.6 Å². The molecule has 23 heavy (non-hydrogen) atoms. The Morgan fingerprint density at radius 1 is 1.13 bits per heavy atom. The summed E-state index contributed by atoms with van der Waals surface area (Å²) in [6.45, 7) is 0.306. The summed E-state index contributed by atoms with van der Waals surface area (Å²) < 4.78 is 5.18. The molecule has 0 spiro atoms. The molecule has 2 aromatic rings. The van der Waals surface area contributed by atoms with Gasteiger partial charge in [0.1, 0.15) is 0 Å². The number of benzene rings is 2. The van der Waals surface area contributed by atoms with Crippen LogP contribution in [0.2, 0.25) is 5.02 Å². The van der Waals surface area contributed by atoms with E-state index in [1.807, 2.05) is 54.6 Å². The number of rotatable bonds is 7. The molecule has 122 valence electrons. The predicted octanol–water partition coefficient (Wildman–Crippen LogP) is 2.91. The molecule has 2 aromatic carbocycles. The van der Waals surface area contributed by atoms with E-state index in [0.29, 0.717) is 11.6 Å². The lowest BCUT2D eigenvalue weighted by Gasteiger charge is -2.21. The number of nitrogens with one attached hydrogen (secondary N) is 1. The molecule has 2 atom stereocenters. The van der Waals surface area contributed by atoms with E-state index in [-0.39, 0.29) is 24.5 Å². The Hall–Kier alpha value is -1.88. The van der Waals surface area contributed by atoms with Crippen LogP contribution in [-0.4, -0.2) is 25.7 Å². The number of carbonyl (C=O) groups excluding carboxylic acids is 1. The number of ether oxygens (including phenoxy) is 1. The largest absolute Gasteiger partial charge is 0.380 e. The summed E-state index contributed by atoms with van der Waals surface area (Å²) in [5, 5.41) is 3.71. The van der Waals surface area contributed by atoms with Crippen molar-refractivity contribution in [3.63, 3.8) is 0 Å². The highest BCUT2D eigenvalue weighted by Gasteiger charge is 2.19. The predicted molar refractivity (Wildman–Crippen MR) is 92.3 cm³/mol. The summed E-state index contributed by atoms with van der Waals surface area (Å²) in [6.07, 6.45) is -0.0548. The molecule has 0 bridgehead atoms. The van der Waals surface area contributed by atoms with Gasteiger partial charge in [0.25, 0.3) is 0 Å². The second-order valence-corrected chi connectivity index (χ2v) is 5.70. The molecule has 0 aromatic heterocycles. The van der Waals surface area contributed by atoms with Crippen LogP contribution in [0.4, 0.5) is 0 Å². The molecule has 5 heteroatoms. The Balaban J connectivity index is 2.21.